The van der Waals surface area contributed by atoms with E-state index in [1.54, 1.807) is 11.3 Å². The molecule has 2 aromatic carbocycles. The summed E-state index contributed by atoms with van der Waals surface area (Å²) >= 11 is 6.55. The number of nitrogens with zero attached hydrogens (tertiary/aromatic N) is 1. The zero-order valence-corrected chi connectivity index (χ0v) is 15.7. The van der Waals surface area contributed by atoms with Gasteiger partial charge in [-0.3, -0.25) is 4.79 Å². The first kappa shape index (κ1) is 16.5. The molecule has 0 aliphatic heterocycles. The SMILES string of the molecule is CC[C@@H](Sc1nc2ccccc2s1)C(=O)Nc1ccc(Br)cc1. The first-order valence-corrected chi connectivity index (χ1v) is 9.73. The number of thioether (sulfide) groups is 1. The Morgan fingerprint density at radius 3 is 2.70 bits per heavy atom. The fourth-order valence-corrected chi connectivity index (χ4v) is 4.60. The van der Waals surface area contributed by atoms with Gasteiger partial charge in [0.15, 0.2) is 4.34 Å². The fraction of sp³-hybridized carbons (Fsp3) is 0.176. The van der Waals surface area contributed by atoms with Crippen molar-refractivity contribution in [2.24, 2.45) is 0 Å². The third-order valence-electron chi connectivity index (χ3n) is 3.29. The Morgan fingerprint density at radius 2 is 2.00 bits per heavy atom. The van der Waals surface area contributed by atoms with Crippen LogP contribution >= 0.6 is 39.0 Å². The second kappa shape index (κ2) is 7.47. The minimum atomic E-state index is -0.154. The highest BCUT2D eigenvalue weighted by molar-refractivity contribution is 9.10. The molecule has 1 atom stereocenters. The normalized spacial score (nSPS) is 12.3. The number of anilines is 1. The van der Waals surface area contributed by atoms with Crippen molar-refractivity contribution in [2.75, 3.05) is 5.32 Å². The lowest BCUT2D eigenvalue weighted by molar-refractivity contribution is -0.115. The Hall–Kier alpha value is -1.37. The van der Waals surface area contributed by atoms with Crippen molar-refractivity contribution in [3.63, 3.8) is 0 Å². The summed E-state index contributed by atoms with van der Waals surface area (Å²) in [6.45, 7) is 2.02. The Kier molecular flexibility index (Phi) is 5.35. The molecule has 1 N–H and O–H groups in total. The summed E-state index contributed by atoms with van der Waals surface area (Å²) in [5.41, 5.74) is 1.80. The molecule has 0 aliphatic rings. The molecule has 1 heterocycles. The van der Waals surface area contributed by atoms with Crippen molar-refractivity contribution in [1.29, 1.82) is 0 Å². The van der Waals surface area contributed by atoms with Crippen LogP contribution < -0.4 is 5.32 Å². The van der Waals surface area contributed by atoms with E-state index in [1.807, 2.05) is 49.4 Å². The third kappa shape index (κ3) is 4.13. The van der Waals surface area contributed by atoms with E-state index < -0.39 is 0 Å². The van der Waals surface area contributed by atoms with Crippen molar-refractivity contribution < 1.29 is 4.79 Å². The van der Waals surface area contributed by atoms with Crippen LogP contribution in [-0.4, -0.2) is 16.1 Å². The van der Waals surface area contributed by atoms with Crippen LogP contribution in [0.15, 0.2) is 57.3 Å². The molecular weight excluding hydrogens is 392 g/mol. The number of carbonyl (C=O) groups is 1. The summed E-state index contributed by atoms with van der Waals surface area (Å²) in [6, 6.07) is 15.6. The molecule has 0 bridgehead atoms. The number of thiazole rings is 1. The van der Waals surface area contributed by atoms with E-state index in [2.05, 4.69) is 32.3 Å². The van der Waals surface area contributed by atoms with E-state index in [-0.39, 0.29) is 11.2 Å². The standard InChI is InChI=1S/C17H15BrN2OS2/c1-2-14(16(21)19-12-9-7-11(18)8-10-12)22-17-20-13-5-3-4-6-15(13)23-17/h3-10,14H,2H2,1H3,(H,19,21)/t14-/m1/s1. The maximum Gasteiger partial charge on any atom is 0.237 e. The zero-order valence-electron chi connectivity index (χ0n) is 12.5. The number of hydrogen-bond donors (Lipinski definition) is 1. The second-order valence-electron chi connectivity index (χ2n) is 4.96. The number of fused-ring (bicyclic) bond motifs is 1. The molecule has 0 radical (unpaired) electrons. The summed E-state index contributed by atoms with van der Waals surface area (Å²) in [5, 5.41) is 2.82. The van der Waals surface area contributed by atoms with Gasteiger partial charge in [-0.05, 0) is 42.8 Å². The van der Waals surface area contributed by atoms with E-state index in [9.17, 15) is 4.79 Å². The van der Waals surface area contributed by atoms with Gasteiger partial charge in [-0.2, -0.15) is 0 Å². The first-order valence-electron chi connectivity index (χ1n) is 7.24. The van der Waals surface area contributed by atoms with Gasteiger partial charge in [0.1, 0.15) is 0 Å². The van der Waals surface area contributed by atoms with Crippen LogP contribution in [-0.2, 0) is 4.79 Å². The number of amides is 1. The minimum absolute atomic E-state index is 0.0130. The molecule has 0 spiro atoms. The lowest BCUT2D eigenvalue weighted by Crippen LogP contribution is -2.24. The molecule has 3 rings (SSSR count). The zero-order chi connectivity index (χ0) is 16.2. The lowest BCUT2D eigenvalue weighted by Gasteiger charge is -2.13. The molecular formula is C17H15BrN2OS2. The average molecular weight is 407 g/mol. The number of halogens is 1. The second-order valence-corrected chi connectivity index (χ2v) is 8.35. The van der Waals surface area contributed by atoms with Gasteiger partial charge in [0.25, 0.3) is 0 Å². The highest BCUT2D eigenvalue weighted by atomic mass is 79.9. The molecule has 3 aromatic rings. The number of benzene rings is 2. The Bertz CT molecular complexity index is 784. The quantitative estimate of drug-likeness (QED) is 0.563. The Morgan fingerprint density at radius 1 is 1.26 bits per heavy atom. The van der Waals surface area contributed by atoms with Crippen LogP contribution in [0.1, 0.15) is 13.3 Å². The van der Waals surface area contributed by atoms with Gasteiger partial charge in [0, 0.05) is 10.2 Å². The monoisotopic (exact) mass is 406 g/mol. The molecule has 118 valence electrons. The minimum Gasteiger partial charge on any atom is -0.325 e. The highest BCUT2D eigenvalue weighted by Gasteiger charge is 2.20. The van der Waals surface area contributed by atoms with Crippen LogP contribution in [0.25, 0.3) is 10.2 Å². The van der Waals surface area contributed by atoms with Crippen molar-refractivity contribution in [3.8, 4) is 0 Å². The predicted molar refractivity (Wildman–Crippen MR) is 102 cm³/mol. The lowest BCUT2D eigenvalue weighted by atomic mass is 10.3. The van der Waals surface area contributed by atoms with Crippen LogP contribution in [0.3, 0.4) is 0 Å². The fourth-order valence-electron chi connectivity index (χ4n) is 2.10. The first-order chi connectivity index (χ1) is 11.2. The van der Waals surface area contributed by atoms with Crippen LogP contribution in [0.2, 0.25) is 0 Å². The molecule has 0 fully saturated rings. The van der Waals surface area contributed by atoms with Gasteiger partial charge in [-0.25, -0.2) is 4.98 Å². The molecule has 1 amide bonds. The maximum absolute atomic E-state index is 12.5. The van der Waals surface area contributed by atoms with Crippen molar-refractivity contribution >= 4 is 60.8 Å². The summed E-state index contributed by atoms with van der Waals surface area (Å²) in [7, 11) is 0. The van der Waals surface area contributed by atoms with Crippen molar-refractivity contribution in [1.82, 2.24) is 4.98 Å². The van der Waals surface area contributed by atoms with Crippen molar-refractivity contribution in [3.05, 3.63) is 53.0 Å². The van der Waals surface area contributed by atoms with Gasteiger partial charge in [0.05, 0.1) is 15.5 Å². The molecule has 0 unspecified atom stereocenters. The number of carbonyl (C=O) groups excluding carboxylic acids is 1. The van der Waals surface area contributed by atoms with Crippen LogP contribution in [0.5, 0.6) is 0 Å². The van der Waals surface area contributed by atoms with Crippen LogP contribution in [0, 0.1) is 0 Å². The van der Waals surface area contributed by atoms with Crippen LogP contribution in [0.4, 0.5) is 5.69 Å². The number of para-hydroxylation sites is 1. The Labute approximate surface area is 151 Å². The van der Waals surface area contributed by atoms with E-state index in [4.69, 9.17) is 0 Å². The molecule has 0 aliphatic carbocycles. The van der Waals surface area contributed by atoms with E-state index >= 15 is 0 Å². The van der Waals surface area contributed by atoms with E-state index in [0.29, 0.717) is 0 Å². The molecule has 0 saturated heterocycles. The number of nitrogens with one attached hydrogen (secondary N) is 1. The smallest absolute Gasteiger partial charge is 0.237 e. The molecule has 1 aromatic heterocycles. The molecule has 6 heteroatoms. The van der Waals surface area contributed by atoms with Gasteiger partial charge in [-0.1, -0.05) is 46.7 Å². The summed E-state index contributed by atoms with van der Waals surface area (Å²) in [5.74, 6) is 0.0130. The average Bonchev–Trinajstić information content (AvgIpc) is 2.97. The van der Waals surface area contributed by atoms with Gasteiger partial charge >= 0.3 is 0 Å². The highest BCUT2D eigenvalue weighted by Crippen LogP contribution is 2.33. The van der Waals surface area contributed by atoms with Crippen molar-refractivity contribution in [2.45, 2.75) is 22.9 Å². The summed E-state index contributed by atoms with van der Waals surface area (Å²) in [6.07, 6.45) is 0.753. The van der Waals surface area contributed by atoms with Gasteiger partial charge < -0.3 is 5.32 Å². The van der Waals surface area contributed by atoms with Gasteiger partial charge in [-0.15, -0.1) is 11.3 Å². The summed E-state index contributed by atoms with van der Waals surface area (Å²) in [4.78, 5) is 17.1. The molecule has 3 nitrogen and oxygen atoms in total. The summed E-state index contributed by atoms with van der Waals surface area (Å²) < 4.78 is 3.08. The number of hydrogen-bond acceptors (Lipinski definition) is 4. The van der Waals surface area contributed by atoms with E-state index in [0.717, 1.165) is 31.1 Å². The van der Waals surface area contributed by atoms with Gasteiger partial charge in [0.2, 0.25) is 5.91 Å². The molecule has 0 saturated carbocycles. The largest absolute Gasteiger partial charge is 0.325 e. The number of rotatable bonds is 5. The Balaban J connectivity index is 1.71. The topological polar surface area (TPSA) is 42.0 Å². The maximum atomic E-state index is 12.5. The number of aromatic nitrogens is 1. The third-order valence-corrected chi connectivity index (χ3v) is 6.32. The predicted octanol–water partition coefficient (Wildman–Crippen LogP) is 5.57. The van der Waals surface area contributed by atoms with E-state index in [1.165, 1.54) is 11.8 Å². The molecule has 23 heavy (non-hydrogen) atoms.